The number of benzene rings is 1. The number of rotatable bonds is 6. The second-order valence-electron chi connectivity index (χ2n) is 5.61. The summed E-state index contributed by atoms with van der Waals surface area (Å²) in [6.07, 6.45) is 0. The van der Waals surface area contributed by atoms with Gasteiger partial charge in [-0.25, -0.2) is 13.2 Å². The standard InChI is InChI=1S/C17H22N2O5S/c1-6-24-17(20)15-11(3)18-12(4)16(15)25(21,22)19-13-9-10(2)7-8-14(13)23-5/h7-9,18-19H,6H2,1-5H3. The van der Waals surface area contributed by atoms with Crippen molar-refractivity contribution in [3.63, 3.8) is 0 Å². The summed E-state index contributed by atoms with van der Waals surface area (Å²) < 4.78 is 38.6. The van der Waals surface area contributed by atoms with Crippen molar-refractivity contribution < 1.29 is 22.7 Å². The first-order valence-electron chi connectivity index (χ1n) is 7.75. The Hall–Kier alpha value is -2.48. The monoisotopic (exact) mass is 366 g/mol. The highest BCUT2D eigenvalue weighted by Crippen LogP contribution is 2.31. The van der Waals surface area contributed by atoms with Gasteiger partial charge in [-0.1, -0.05) is 6.07 Å². The molecule has 0 amide bonds. The van der Waals surface area contributed by atoms with Gasteiger partial charge in [-0.3, -0.25) is 4.72 Å². The molecule has 0 saturated heterocycles. The molecule has 2 rings (SSSR count). The van der Waals surface area contributed by atoms with Gasteiger partial charge in [-0.2, -0.15) is 0 Å². The first-order valence-corrected chi connectivity index (χ1v) is 9.23. The third kappa shape index (κ3) is 3.79. The van der Waals surface area contributed by atoms with Crippen molar-refractivity contribution in [1.29, 1.82) is 0 Å². The largest absolute Gasteiger partial charge is 0.495 e. The summed E-state index contributed by atoms with van der Waals surface area (Å²) in [4.78, 5) is 15.0. The maximum atomic E-state index is 13.0. The maximum Gasteiger partial charge on any atom is 0.341 e. The Labute approximate surface area is 147 Å². The number of methoxy groups -OCH3 is 1. The molecular weight excluding hydrogens is 344 g/mol. The van der Waals surface area contributed by atoms with E-state index in [2.05, 4.69) is 9.71 Å². The minimum absolute atomic E-state index is 0.0125. The Morgan fingerprint density at radius 3 is 2.48 bits per heavy atom. The lowest BCUT2D eigenvalue weighted by Gasteiger charge is -2.13. The van der Waals surface area contributed by atoms with E-state index in [1.54, 1.807) is 32.9 Å². The van der Waals surface area contributed by atoms with Gasteiger partial charge in [-0.15, -0.1) is 0 Å². The van der Waals surface area contributed by atoms with Crippen LogP contribution in [-0.4, -0.2) is 33.1 Å². The molecule has 2 aromatic rings. The molecule has 2 N–H and O–H groups in total. The third-order valence-corrected chi connectivity index (χ3v) is 5.20. The van der Waals surface area contributed by atoms with Crippen LogP contribution in [0.5, 0.6) is 5.75 Å². The molecule has 1 heterocycles. The van der Waals surface area contributed by atoms with E-state index < -0.39 is 16.0 Å². The van der Waals surface area contributed by atoms with Crippen LogP contribution in [0.1, 0.15) is 34.2 Å². The van der Waals surface area contributed by atoms with Crippen LogP contribution in [0.3, 0.4) is 0 Å². The van der Waals surface area contributed by atoms with E-state index in [-0.39, 0.29) is 17.1 Å². The zero-order valence-electron chi connectivity index (χ0n) is 14.9. The van der Waals surface area contributed by atoms with E-state index in [9.17, 15) is 13.2 Å². The topological polar surface area (TPSA) is 97.5 Å². The van der Waals surface area contributed by atoms with Gasteiger partial charge in [0.15, 0.2) is 0 Å². The molecular formula is C17H22N2O5S. The molecule has 136 valence electrons. The van der Waals surface area contributed by atoms with E-state index >= 15 is 0 Å². The lowest BCUT2D eigenvalue weighted by atomic mass is 10.2. The van der Waals surface area contributed by atoms with Crippen molar-refractivity contribution in [2.24, 2.45) is 0 Å². The number of nitrogens with one attached hydrogen (secondary N) is 2. The van der Waals surface area contributed by atoms with Crippen LogP contribution in [-0.2, 0) is 14.8 Å². The summed E-state index contributed by atoms with van der Waals surface area (Å²) in [5, 5.41) is 0. The minimum Gasteiger partial charge on any atom is -0.495 e. The number of H-pyrrole nitrogens is 1. The zero-order valence-corrected chi connectivity index (χ0v) is 15.7. The number of esters is 1. The molecule has 25 heavy (non-hydrogen) atoms. The Morgan fingerprint density at radius 1 is 1.20 bits per heavy atom. The fraction of sp³-hybridized carbons (Fsp3) is 0.353. The first kappa shape index (κ1) is 18.9. The highest BCUT2D eigenvalue weighted by molar-refractivity contribution is 7.92. The van der Waals surface area contributed by atoms with Crippen LogP contribution < -0.4 is 9.46 Å². The Bertz CT molecular complexity index is 900. The zero-order chi connectivity index (χ0) is 18.8. The van der Waals surface area contributed by atoms with Gasteiger partial charge < -0.3 is 14.5 Å². The molecule has 0 aliphatic heterocycles. The van der Waals surface area contributed by atoms with E-state index in [4.69, 9.17) is 9.47 Å². The number of carbonyl (C=O) groups excluding carboxylic acids is 1. The van der Waals surface area contributed by atoms with Gasteiger partial charge in [0.25, 0.3) is 10.0 Å². The van der Waals surface area contributed by atoms with Crippen LogP contribution >= 0.6 is 0 Å². The van der Waals surface area contributed by atoms with Crippen molar-refractivity contribution in [2.75, 3.05) is 18.4 Å². The first-order chi connectivity index (χ1) is 11.7. The summed E-state index contributed by atoms with van der Waals surface area (Å²) in [6, 6.07) is 5.15. The summed E-state index contributed by atoms with van der Waals surface area (Å²) in [5.41, 5.74) is 1.98. The molecule has 0 unspecified atom stereocenters. The Morgan fingerprint density at radius 2 is 1.88 bits per heavy atom. The molecule has 0 radical (unpaired) electrons. The third-order valence-electron chi connectivity index (χ3n) is 3.67. The van der Waals surface area contributed by atoms with E-state index in [0.717, 1.165) is 5.56 Å². The lowest BCUT2D eigenvalue weighted by molar-refractivity contribution is 0.0521. The van der Waals surface area contributed by atoms with E-state index in [1.165, 1.54) is 7.11 Å². The summed E-state index contributed by atoms with van der Waals surface area (Å²) in [7, 11) is -2.57. The average molecular weight is 366 g/mol. The average Bonchev–Trinajstić information content (AvgIpc) is 2.82. The number of aromatic amines is 1. The Kier molecular flexibility index (Phi) is 5.42. The van der Waals surface area contributed by atoms with Crippen molar-refractivity contribution >= 4 is 21.7 Å². The van der Waals surface area contributed by atoms with Crippen LogP contribution in [0.4, 0.5) is 5.69 Å². The van der Waals surface area contributed by atoms with Gasteiger partial charge in [0, 0.05) is 11.4 Å². The second-order valence-corrected chi connectivity index (χ2v) is 7.23. The normalized spacial score (nSPS) is 11.2. The smallest absolute Gasteiger partial charge is 0.341 e. The fourth-order valence-electron chi connectivity index (χ4n) is 2.64. The van der Waals surface area contributed by atoms with E-state index in [0.29, 0.717) is 22.8 Å². The van der Waals surface area contributed by atoms with Crippen LogP contribution in [0.2, 0.25) is 0 Å². The molecule has 0 bridgehead atoms. The van der Waals surface area contributed by atoms with E-state index in [1.807, 2.05) is 13.0 Å². The van der Waals surface area contributed by atoms with Gasteiger partial charge in [0.1, 0.15) is 16.2 Å². The number of aryl methyl sites for hydroxylation is 3. The molecule has 8 heteroatoms. The summed E-state index contributed by atoms with van der Waals surface area (Å²) in [5.74, 6) is -0.294. The number of hydrogen-bond acceptors (Lipinski definition) is 5. The van der Waals surface area contributed by atoms with Gasteiger partial charge in [0.05, 0.1) is 19.4 Å². The molecule has 1 aromatic carbocycles. The maximum absolute atomic E-state index is 13.0. The second kappa shape index (κ2) is 7.18. The minimum atomic E-state index is -4.03. The number of ether oxygens (including phenoxy) is 2. The Balaban J connectivity index is 2.55. The van der Waals surface area contributed by atoms with Crippen LogP contribution in [0.25, 0.3) is 0 Å². The highest BCUT2D eigenvalue weighted by atomic mass is 32.2. The number of aromatic nitrogens is 1. The SMILES string of the molecule is CCOC(=O)c1c(C)[nH]c(C)c1S(=O)(=O)Nc1cc(C)ccc1OC. The highest BCUT2D eigenvalue weighted by Gasteiger charge is 2.30. The van der Waals surface area contributed by atoms with Crippen molar-refractivity contribution in [3.8, 4) is 5.75 Å². The van der Waals surface area contributed by atoms with Gasteiger partial charge in [0.2, 0.25) is 0 Å². The molecule has 0 aliphatic carbocycles. The summed E-state index contributed by atoms with van der Waals surface area (Å²) in [6.45, 7) is 6.88. The van der Waals surface area contributed by atoms with Crippen LogP contribution in [0.15, 0.2) is 23.1 Å². The molecule has 0 atom stereocenters. The van der Waals surface area contributed by atoms with Gasteiger partial charge >= 0.3 is 5.97 Å². The predicted molar refractivity (Wildman–Crippen MR) is 94.8 cm³/mol. The van der Waals surface area contributed by atoms with Crippen molar-refractivity contribution in [1.82, 2.24) is 4.98 Å². The molecule has 7 nitrogen and oxygen atoms in total. The quantitative estimate of drug-likeness (QED) is 0.766. The molecule has 0 saturated carbocycles. The molecule has 0 spiro atoms. The number of hydrogen-bond donors (Lipinski definition) is 2. The van der Waals surface area contributed by atoms with Crippen molar-refractivity contribution in [2.45, 2.75) is 32.6 Å². The summed E-state index contributed by atoms with van der Waals surface area (Å²) >= 11 is 0. The lowest BCUT2D eigenvalue weighted by Crippen LogP contribution is -2.18. The van der Waals surface area contributed by atoms with Crippen LogP contribution in [0, 0.1) is 20.8 Å². The van der Waals surface area contributed by atoms with Gasteiger partial charge in [-0.05, 0) is 45.4 Å². The molecule has 0 aliphatic rings. The number of anilines is 1. The number of sulfonamides is 1. The molecule has 0 fully saturated rings. The molecule has 1 aromatic heterocycles. The van der Waals surface area contributed by atoms with Crippen molar-refractivity contribution in [3.05, 3.63) is 40.7 Å². The fourth-order valence-corrected chi connectivity index (χ4v) is 4.15. The number of carbonyl (C=O) groups is 1. The predicted octanol–water partition coefficient (Wildman–Crippen LogP) is 2.93.